The minimum atomic E-state index is -0.265. The number of hydrogen-bond acceptors (Lipinski definition) is 6. The Morgan fingerprint density at radius 2 is 1.84 bits per heavy atom. The van der Waals surface area contributed by atoms with E-state index >= 15 is 0 Å². The van der Waals surface area contributed by atoms with E-state index in [1.165, 1.54) is 6.08 Å². The first kappa shape index (κ1) is 24.8. The number of halogens is 1. The van der Waals surface area contributed by atoms with Gasteiger partial charge in [0.15, 0.2) is 5.58 Å². The normalized spacial score (nSPS) is 14.0. The molecule has 0 atom stereocenters. The second kappa shape index (κ2) is 10.6. The fourth-order valence-corrected chi connectivity index (χ4v) is 4.56. The number of ether oxygens (including phenoxy) is 1. The van der Waals surface area contributed by atoms with Crippen molar-refractivity contribution in [1.29, 1.82) is 0 Å². The molecule has 37 heavy (non-hydrogen) atoms. The van der Waals surface area contributed by atoms with E-state index < -0.39 is 0 Å². The third-order valence-electron chi connectivity index (χ3n) is 6.31. The van der Waals surface area contributed by atoms with Gasteiger partial charge in [0.05, 0.1) is 30.5 Å². The molecule has 0 aliphatic carbocycles. The zero-order chi connectivity index (χ0) is 25.9. The maximum Gasteiger partial charge on any atom is 0.254 e. The lowest BCUT2D eigenvalue weighted by Gasteiger charge is -2.26. The highest BCUT2D eigenvalue weighted by Gasteiger charge is 2.18. The van der Waals surface area contributed by atoms with Crippen molar-refractivity contribution >= 4 is 40.5 Å². The molecule has 0 radical (unpaired) electrons. The number of morpholine rings is 1. The van der Waals surface area contributed by atoms with Gasteiger partial charge in [-0.1, -0.05) is 28.9 Å². The summed E-state index contributed by atoms with van der Waals surface area (Å²) in [7, 11) is 0. The smallest absolute Gasteiger partial charge is 0.254 e. The third kappa shape index (κ3) is 5.45. The van der Waals surface area contributed by atoms with Gasteiger partial charge in [-0.25, -0.2) is 0 Å². The van der Waals surface area contributed by atoms with Gasteiger partial charge in [0.2, 0.25) is 5.91 Å². The first-order valence-corrected chi connectivity index (χ1v) is 12.3. The van der Waals surface area contributed by atoms with Crippen LogP contribution in [-0.2, 0) is 16.1 Å². The van der Waals surface area contributed by atoms with Crippen LogP contribution in [0.1, 0.15) is 33.1 Å². The molecule has 4 aromatic rings. The van der Waals surface area contributed by atoms with Crippen LogP contribution in [0.25, 0.3) is 28.2 Å². The van der Waals surface area contributed by atoms with Crippen molar-refractivity contribution in [2.45, 2.75) is 20.4 Å². The van der Waals surface area contributed by atoms with Gasteiger partial charge in [0, 0.05) is 35.7 Å². The van der Waals surface area contributed by atoms with Crippen LogP contribution >= 0.6 is 11.6 Å². The first-order valence-electron chi connectivity index (χ1n) is 12.0. The Labute approximate surface area is 218 Å². The molecule has 0 spiro atoms. The molecule has 190 valence electrons. The van der Waals surface area contributed by atoms with Crippen LogP contribution in [-0.4, -0.2) is 48.2 Å². The number of hydrogen-bond donors (Lipinski definition) is 1. The molecule has 5 rings (SSSR count). The lowest BCUT2D eigenvalue weighted by atomic mass is 10.0. The van der Waals surface area contributed by atoms with E-state index in [4.69, 9.17) is 25.3 Å². The minimum Gasteiger partial charge on any atom is -0.458 e. The van der Waals surface area contributed by atoms with Crippen LogP contribution in [0, 0.1) is 13.8 Å². The number of aromatic nitrogens is 1. The monoisotopic (exact) mass is 519 g/mol. The van der Waals surface area contributed by atoms with Crippen LogP contribution in [0.5, 0.6) is 0 Å². The standard InChI is InChI=1S/C28H26ClN3O5/c1-17-24(18(2)37-31-17)7-8-26(33)30-16-23-14-22-13-21(15-25(29)27(22)36-23)19-3-5-20(6-4-19)28(34)32-9-11-35-12-10-32/h3-8,13-15H,9-12,16H2,1-2H3,(H,30,33)/b8-7+. The summed E-state index contributed by atoms with van der Waals surface area (Å²) < 4.78 is 16.3. The maximum atomic E-state index is 12.7. The molecule has 0 unspecified atom stereocenters. The molecule has 1 aliphatic heterocycles. The molecule has 2 amide bonds. The SMILES string of the molecule is Cc1noc(C)c1/C=C/C(=O)NCc1cc2cc(-c3ccc(C(=O)N4CCOCC4)cc3)cc(Cl)c2o1. The van der Waals surface area contributed by atoms with Gasteiger partial charge in [0.1, 0.15) is 11.5 Å². The Hall–Kier alpha value is -3.88. The number of furan rings is 1. The molecule has 1 fully saturated rings. The van der Waals surface area contributed by atoms with Gasteiger partial charge in [0.25, 0.3) is 5.91 Å². The molecule has 0 bridgehead atoms. The summed E-state index contributed by atoms with van der Waals surface area (Å²) >= 11 is 6.53. The number of amides is 2. The molecule has 0 saturated carbocycles. The number of carbonyl (C=O) groups is 2. The molecule has 9 heteroatoms. The Morgan fingerprint density at radius 3 is 2.54 bits per heavy atom. The van der Waals surface area contributed by atoms with Gasteiger partial charge in [-0.3, -0.25) is 9.59 Å². The molecule has 2 aromatic carbocycles. The Morgan fingerprint density at radius 1 is 1.08 bits per heavy atom. The molecule has 1 saturated heterocycles. The summed E-state index contributed by atoms with van der Waals surface area (Å²) in [5, 5.41) is 7.98. The topological polar surface area (TPSA) is 97.8 Å². The van der Waals surface area contributed by atoms with Gasteiger partial charge >= 0.3 is 0 Å². The van der Waals surface area contributed by atoms with Crippen LogP contribution in [0.4, 0.5) is 0 Å². The van der Waals surface area contributed by atoms with E-state index in [1.54, 1.807) is 17.9 Å². The Balaban J connectivity index is 1.27. The summed E-state index contributed by atoms with van der Waals surface area (Å²) in [6.45, 7) is 6.17. The number of benzene rings is 2. The number of nitrogens with zero attached hydrogens (tertiary/aromatic N) is 2. The highest BCUT2D eigenvalue weighted by Crippen LogP contribution is 2.33. The quantitative estimate of drug-likeness (QED) is 0.353. The van der Waals surface area contributed by atoms with Crippen molar-refractivity contribution in [3.05, 3.63) is 81.9 Å². The zero-order valence-corrected chi connectivity index (χ0v) is 21.3. The van der Waals surface area contributed by atoms with Crippen molar-refractivity contribution in [1.82, 2.24) is 15.4 Å². The van der Waals surface area contributed by atoms with Crippen molar-refractivity contribution in [3.63, 3.8) is 0 Å². The van der Waals surface area contributed by atoms with Crippen molar-refractivity contribution < 1.29 is 23.3 Å². The van der Waals surface area contributed by atoms with E-state index in [0.29, 0.717) is 54.0 Å². The van der Waals surface area contributed by atoms with E-state index in [1.807, 2.05) is 49.4 Å². The van der Waals surface area contributed by atoms with Crippen molar-refractivity contribution in [2.24, 2.45) is 0 Å². The summed E-state index contributed by atoms with van der Waals surface area (Å²) in [5.74, 6) is 0.979. The van der Waals surface area contributed by atoms with Gasteiger partial charge in [-0.15, -0.1) is 0 Å². The predicted molar refractivity (Wildman–Crippen MR) is 140 cm³/mol. The average Bonchev–Trinajstić information content (AvgIpc) is 3.48. The highest BCUT2D eigenvalue weighted by molar-refractivity contribution is 6.35. The zero-order valence-electron chi connectivity index (χ0n) is 20.5. The second-order valence-corrected chi connectivity index (χ2v) is 9.27. The first-order chi connectivity index (χ1) is 17.9. The second-order valence-electron chi connectivity index (χ2n) is 8.86. The Bertz CT molecular complexity index is 1460. The summed E-state index contributed by atoms with van der Waals surface area (Å²) in [4.78, 5) is 26.8. The lowest BCUT2D eigenvalue weighted by Crippen LogP contribution is -2.40. The number of rotatable bonds is 6. The lowest BCUT2D eigenvalue weighted by molar-refractivity contribution is -0.116. The van der Waals surface area contributed by atoms with Crippen LogP contribution in [0.3, 0.4) is 0 Å². The minimum absolute atomic E-state index is 0.00593. The van der Waals surface area contributed by atoms with Crippen LogP contribution < -0.4 is 5.32 Å². The molecular weight excluding hydrogens is 494 g/mol. The highest BCUT2D eigenvalue weighted by atomic mass is 35.5. The predicted octanol–water partition coefficient (Wildman–Crippen LogP) is 5.16. The van der Waals surface area contributed by atoms with Gasteiger partial charge in [-0.05, 0) is 61.4 Å². The van der Waals surface area contributed by atoms with Crippen LogP contribution in [0.2, 0.25) is 5.02 Å². The van der Waals surface area contributed by atoms with Gasteiger partial charge < -0.3 is 23.9 Å². The summed E-state index contributed by atoms with van der Waals surface area (Å²) in [6, 6.07) is 13.2. The van der Waals surface area contributed by atoms with Crippen molar-refractivity contribution in [2.75, 3.05) is 26.3 Å². The molecule has 1 aliphatic rings. The van der Waals surface area contributed by atoms with E-state index in [9.17, 15) is 9.59 Å². The number of nitrogens with one attached hydrogen (secondary N) is 1. The average molecular weight is 520 g/mol. The molecule has 8 nitrogen and oxygen atoms in total. The van der Waals surface area contributed by atoms with Gasteiger partial charge in [-0.2, -0.15) is 0 Å². The molecule has 2 aromatic heterocycles. The number of fused-ring (bicyclic) bond motifs is 1. The summed E-state index contributed by atoms with van der Waals surface area (Å²) in [5.41, 5.74) is 4.55. The van der Waals surface area contributed by atoms with Crippen LogP contribution in [0.15, 0.2) is 57.5 Å². The van der Waals surface area contributed by atoms with Crippen molar-refractivity contribution in [3.8, 4) is 11.1 Å². The van der Waals surface area contributed by atoms with E-state index in [-0.39, 0.29) is 18.4 Å². The summed E-state index contributed by atoms with van der Waals surface area (Å²) in [6.07, 6.45) is 3.12. The van der Waals surface area contributed by atoms with E-state index in [0.717, 1.165) is 27.8 Å². The molecular formula is C28H26ClN3O5. The number of carbonyl (C=O) groups excluding carboxylic acids is 2. The maximum absolute atomic E-state index is 12.7. The fourth-order valence-electron chi connectivity index (χ4n) is 4.29. The van der Waals surface area contributed by atoms with E-state index in [2.05, 4.69) is 10.5 Å². The third-order valence-corrected chi connectivity index (χ3v) is 6.59. The Kier molecular flexibility index (Phi) is 7.12. The number of aryl methyl sites for hydroxylation is 2. The molecule has 1 N–H and O–H groups in total. The fraction of sp³-hybridized carbons (Fsp3) is 0.250. The largest absolute Gasteiger partial charge is 0.458 e. The molecule has 3 heterocycles.